The number of nitro groups is 1. The van der Waals surface area contributed by atoms with Gasteiger partial charge in [0.25, 0.3) is 5.69 Å². The van der Waals surface area contributed by atoms with Gasteiger partial charge in [-0.1, -0.05) is 11.6 Å². The first-order valence-corrected chi connectivity index (χ1v) is 8.96. The van der Waals surface area contributed by atoms with Crippen LogP contribution in [-0.4, -0.2) is 19.9 Å². The third-order valence-electron chi connectivity index (χ3n) is 2.39. The van der Waals surface area contributed by atoms with E-state index >= 15 is 0 Å². The second-order valence-corrected chi connectivity index (χ2v) is 8.19. The topological polar surface area (TPSA) is 89.3 Å². The summed E-state index contributed by atoms with van der Waals surface area (Å²) in [6.45, 7) is 0.225. The Morgan fingerprint density at radius 2 is 2.20 bits per heavy atom. The standard InChI is InChI=1S/C10H9ClN2O4S3/c11-10-8(13(14)15)5-9(19-10)20(16,17)12-3-1-7-2-4-18-6-7/h2,4-6,12H,1,3H2. The van der Waals surface area contributed by atoms with Gasteiger partial charge in [-0.25, -0.2) is 13.1 Å². The maximum absolute atomic E-state index is 12.0. The van der Waals surface area contributed by atoms with Crippen molar-refractivity contribution in [1.82, 2.24) is 4.72 Å². The number of nitrogens with zero attached hydrogens (tertiary/aromatic N) is 1. The molecule has 10 heteroatoms. The fraction of sp³-hybridized carbons (Fsp3) is 0.200. The average Bonchev–Trinajstić information content (AvgIpc) is 2.98. The van der Waals surface area contributed by atoms with Crippen LogP contribution < -0.4 is 4.72 Å². The van der Waals surface area contributed by atoms with Crippen LogP contribution in [0.5, 0.6) is 0 Å². The highest BCUT2D eigenvalue weighted by atomic mass is 35.5. The van der Waals surface area contributed by atoms with Crippen molar-refractivity contribution in [2.75, 3.05) is 6.54 Å². The van der Waals surface area contributed by atoms with Crippen molar-refractivity contribution in [3.63, 3.8) is 0 Å². The highest BCUT2D eigenvalue weighted by Gasteiger charge is 2.24. The van der Waals surface area contributed by atoms with Crippen molar-refractivity contribution in [2.45, 2.75) is 10.6 Å². The van der Waals surface area contributed by atoms with Crippen LogP contribution in [-0.2, 0) is 16.4 Å². The van der Waals surface area contributed by atoms with Gasteiger partial charge in [0.1, 0.15) is 4.21 Å². The first-order valence-electron chi connectivity index (χ1n) is 5.34. The zero-order chi connectivity index (χ0) is 14.8. The molecule has 108 valence electrons. The van der Waals surface area contributed by atoms with Crippen molar-refractivity contribution in [1.29, 1.82) is 0 Å². The van der Waals surface area contributed by atoms with E-state index in [1.165, 1.54) is 11.3 Å². The van der Waals surface area contributed by atoms with E-state index in [4.69, 9.17) is 11.6 Å². The molecule has 2 rings (SSSR count). The van der Waals surface area contributed by atoms with Gasteiger partial charge in [-0.3, -0.25) is 10.1 Å². The molecule has 6 nitrogen and oxygen atoms in total. The van der Waals surface area contributed by atoms with Gasteiger partial charge in [0, 0.05) is 12.6 Å². The summed E-state index contributed by atoms with van der Waals surface area (Å²) in [4.78, 5) is 9.94. The largest absolute Gasteiger partial charge is 0.300 e. The molecule has 0 amide bonds. The summed E-state index contributed by atoms with van der Waals surface area (Å²) >= 11 is 7.85. The maximum Gasteiger partial charge on any atom is 0.300 e. The lowest BCUT2D eigenvalue weighted by atomic mass is 10.2. The zero-order valence-corrected chi connectivity index (χ0v) is 13.1. The minimum Gasteiger partial charge on any atom is -0.258 e. The number of rotatable bonds is 6. The Morgan fingerprint density at radius 1 is 1.45 bits per heavy atom. The zero-order valence-electron chi connectivity index (χ0n) is 9.91. The molecule has 0 saturated carbocycles. The Balaban J connectivity index is 2.06. The summed E-state index contributed by atoms with van der Waals surface area (Å²) in [5.74, 6) is 0. The van der Waals surface area contributed by atoms with E-state index in [1.807, 2.05) is 16.8 Å². The molecular weight excluding hydrogens is 344 g/mol. The van der Waals surface area contributed by atoms with Gasteiger partial charge < -0.3 is 0 Å². The molecule has 0 aromatic carbocycles. The lowest BCUT2D eigenvalue weighted by Crippen LogP contribution is -2.25. The predicted molar refractivity (Wildman–Crippen MR) is 79.2 cm³/mol. The van der Waals surface area contributed by atoms with Crippen LogP contribution in [0.3, 0.4) is 0 Å². The first kappa shape index (κ1) is 15.4. The first-order chi connectivity index (χ1) is 9.40. The lowest BCUT2D eigenvalue weighted by Gasteiger charge is -2.03. The molecule has 2 aromatic rings. The molecule has 0 aliphatic carbocycles. The summed E-state index contributed by atoms with van der Waals surface area (Å²) in [6, 6.07) is 2.88. The maximum atomic E-state index is 12.0. The van der Waals surface area contributed by atoms with Crippen molar-refractivity contribution >= 4 is 50.0 Å². The van der Waals surface area contributed by atoms with Gasteiger partial charge in [0.05, 0.1) is 4.92 Å². The molecule has 0 spiro atoms. The number of hydrogen-bond donors (Lipinski definition) is 1. The van der Waals surface area contributed by atoms with Gasteiger partial charge >= 0.3 is 0 Å². The van der Waals surface area contributed by atoms with Crippen LogP contribution in [0.15, 0.2) is 27.1 Å². The second kappa shape index (κ2) is 6.19. The van der Waals surface area contributed by atoms with E-state index in [2.05, 4.69) is 4.72 Å². The van der Waals surface area contributed by atoms with E-state index < -0.39 is 20.6 Å². The lowest BCUT2D eigenvalue weighted by molar-refractivity contribution is -0.384. The van der Waals surface area contributed by atoms with E-state index in [1.54, 1.807) is 0 Å². The van der Waals surface area contributed by atoms with Crippen molar-refractivity contribution in [2.24, 2.45) is 0 Å². The number of sulfonamides is 1. The van der Waals surface area contributed by atoms with Crippen LogP contribution in [0.2, 0.25) is 4.34 Å². The monoisotopic (exact) mass is 352 g/mol. The highest BCUT2D eigenvalue weighted by Crippen LogP contribution is 2.36. The van der Waals surface area contributed by atoms with Crippen LogP contribution in [0.4, 0.5) is 5.69 Å². The smallest absolute Gasteiger partial charge is 0.258 e. The molecule has 0 aliphatic heterocycles. The number of halogens is 1. The van der Waals surface area contributed by atoms with E-state index in [0.717, 1.165) is 11.6 Å². The fourth-order valence-corrected chi connectivity index (χ4v) is 4.88. The minimum atomic E-state index is -3.77. The average molecular weight is 353 g/mol. The number of thiophene rings is 2. The molecule has 1 N–H and O–H groups in total. The quantitative estimate of drug-likeness (QED) is 0.639. The van der Waals surface area contributed by atoms with Crippen LogP contribution in [0.1, 0.15) is 5.56 Å². The second-order valence-electron chi connectivity index (χ2n) is 3.76. The van der Waals surface area contributed by atoms with Gasteiger partial charge in [-0.05, 0) is 28.8 Å². The molecule has 0 aliphatic rings. The van der Waals surface area contributed by atoms with Gasteiger partial charge in [0.15, 0.2) is 4.34 Å². The minimum absolute atomic E-state index is 0.145. The van der Waals surface area contributed by atoms with Crippen molar-refractivity contribution in [3.8, 4) is 0 Å². The molecular formula is C10H9ClN2O4S3. The molecule has 0 fully saturated rings. The Labute approximate surface area is 128 Å². The Kier molecular flexibility index (Phi) is 4.76. The molecule has 0 bridgehead atoms. The van der Waals surface area contributed by atoms with Gasteiger partial charge in [-0.2, -0.15) is 11.3 Å². The SMILES string of the molecule is O=[N+]([O-])c1cc(S(=O)(=O)NCCc2ccsc2)sc1Cl. The Bertz CT molecular complexity index is 709. The summed E-state index contributed by atoms with van der Waals surface area (Å²) in [5, 5.41) is 14.5. The van der Waals surface area contributed by atoms with Gasteiger partial charge in [-0.15, -0.1) is 11.3 Å². The number of hydrogen-bond acceptors (Lipinski definition) is 6. The molecule has 20 heavy (non-hydrogen) atoms. The molecule has 0 saturated heterocycles. The van der Waals surface area contributed by atoms with Crippen LogP contribution in [0.25, 0.3) is 0 Å². The highest BCUT2D eigenvalue weighted by molar-refractivity contribution is 7.91. The third-order valence-corrected chi connectivity index (χ3v) is 6.40. The normalized spacial score (nSPS) is 11.7. The van der Waals surface area contributed by atoms with E-state index in [0.29, 0.717) is 17.8 Å². The fourth-order valence-electron chi connectivity index (χ4n) is 1.43. The number of nitrogens with one attached hydrogen (secondary N) is 1. The van der Waals surface area contributed by atoms with Gasteiger partial charge in [0.2, 0.25) is 10.0 Å². The summed E-state index contributed by atoms with van der Waals surface area (Å²) in [7, 11) is -3.77. The predicted octanol–water partition coefficient (Wildman–Crippen LogP) is 2.89. The van der Waals surface area contributed by atoms with Crippen molar-refractivity contribution < 1.29 is 13.3 Å². The van der Waals surface area contributed by atoms with Crippen LogP contribution >= 0.6 is 34.3 Å². The molecule has 0 radical (unpaired) electrons. The van der Waals surface area contributed by atoms with Crippen LogP contribution in [0, 0.1) is 10.1 Å². The summed E-state index contributed by atoms with van der Waals surface area (Å²) < 4.78 is 26.0. The molecule has 0 unspecified atom stereocenters. The van der Waals surface area contributed by atoms with Crippen molar-refractivity contribution in [3.05, 3.63) is 42.9 Å². The molecule has 0 atom stereocenters. The summed E-state index contributed by atoms with van der Waals surface area (Å²) in [6.07, 6.45) is 0.559. The third kappa shape index (κ3) is 3.55. The summed E-state index contributed by atoms with van der Waals surface area (Å²) in [5.41, 5.74) is 0.641. The molecule has 2 aromatic heterocycles. The molecule has 2 heterocycles. The van der Waals surface area contributed by atoms with E-state index in [9.17, 15) is 18.5 Å². The van der Waals surface area contributed by atoms with E-state index in [-0.39, 0.29) is 15.1 Å². The Morgan fingerprint density at radius 3 is 2.75 bits per heavy atom. The Hall–Kier alpha value is -1.00.